The number of nitrogens with zero attached hydrogens (tertiary/aromatic N) is 3. The molecule has 0 aliphatic carbocycles. The number of nitrogen functional groups attached to an aromatic ring is 1. The SMILES string of the molecule is CCCCOC(=O)CSc1nnc(N)n1C. The zero-order chi connectivity index (χ0) is 12.0. The maximum atomic E-state index is 11.3. The summed E-state index contributed by atoms with van der Waals surface area (Å²) in [6, 6.07) is 0. The summed E-state index contributed by atoms with van der Waals surface area (Å²) in [6.07, 6.45) is 1.91. The molecular formula is C9H16N4O2S. The van der Waals surface area contributed by atoms with E-state index >= 15 is 0 Å². The number of rotatable bonds is 6. The molecule has 1 aromatic heterocycles. The van der Waals surface area contributed by atoms with E-state index in [-0.39, 0.29) is 11.7 Å². The van der Waals surface area contributed by atoms with E-state index in [9.17, 15) is 4.79 Å². The van der Waals surface area contributed by atoms with Crippen molar-refractivity contribution in [3.63, 3.8) is 0 Å². The van der Waals surface area contributed by atoms with Gasteiger partial charge in [0.1, 0.15) is 0 Å². The van der Waals surface area contributed by atoms with Gasteiger partial charge in [-0.15, -0.1) is 10.2 Å². The van der Waals surface area contributed by atoms with E-state index in [1.807, 2.05) is 6.92 Å². The zero-order valence-corrected chi connectivity index (χ0v) is 10.3. The van der Waals surface area contributed by atoms with E-state index in [0.717, 1.165) is 12.8 Å². The van der Waals surface area contributed by atoms with Gasteiger partial charge in [0.2, 0.25) is 5.95 Å². The van der Waals surface area contributed by atoms with Crippen LogP contribution in [0.5, 0.6) is 0 Å². The van der Waals surface area contributed by atoms with Crippen LogP contribution < -0.4 is 5.73 Å². The van der Waals surface area contributed by atoms with E-state index in [1.165, 1.54) is 11.8 Å². The molecule has 1 aromatic rings. The van der Waals surface area contributed by atoms with E-state index in [4.69, 9.17) is 10.5 Å². The number of hydrogen-bond donors (Lipinski definition) is 1. The molecule has 6 nitrogen and oxygen atoms in total. The number of carbonyl (C=O) groups excluding carboxylic acids is 1. The fourth-order valence-corrected chi connectivity index (χ4v) is 1.66. The molecule has 0 aliphatic rings. The first-order chi connectivity index (χ1) is 7.65. The van der Waals surface area contributed by atoms with Gasteiger partial charge in [0.05, 0.1) is 12.4 Å². The van der Waals surface area contributed by atoms with E-state index in [1.54, 1.807) is 11.6 Å². The van der Waals surface area contributed by atoms with Crippen LogP contribution in [0.4, 0.5) is 5.95 Å². The number of unbranched alkanes of at least 4 members (excludes halogenated alkanes) is 1. The first kappa shape index (κ1) is 12.8. The number of hydrogen-bond acceptors (Lipinski definition) is 6. The highest BCUT2D eigenvalue weighted by Gasteiger charge is 2.09. The minimum Gasteiger partial charge on any atom is -0.465 e. The lowest BCUT2D eigenvalue weighted by molar-refractivity contribution is -0.140. The van der Waals surface area contributed by atoms with Crippen molar-refractivity contribution < 1.29 is 9.53 Å². The summed E-state index contributed by atoms with van der Waals surface area (Å²) in [7, 11) is 1.75. The average molecular weight is 244 g/mol. The van der Waals surface area contributed by atoms with Crippen molar-refractivity contribution in [1.29, 1.82) is 0 Å². The van der Waals surface area contributed by atoms with Gasteiger partial charge in [0.15, 0.2) is 5.16 Å². The maximum absolute atomic E-state index is 11.3. The lowest BCUT2D eigenvalue weighted by Gasteiger charge is -2.03. The topological polar surface area (TPSA) is 83.0 Å². The van der Waals surface area contributed by atoms with Crippen LogP contribution >= 0.6 is 11.8 Å². The van der Waals surface area contributed by atoms with Gasteiger partial charge in [-0.1, -0.05) is 25.1 Å². The van der Waals surface area contributed by atoms with Crippen LogP contribution in [0.2, 0.25) is 0 Å². The van der Waals surface area contributed by atoms with E-state index < -0.39 is 0 Å². The number of anilines is 1. The van der Waals surface area contributed by atoms with E-state index in [2.05, 4.69) is 10.2 Å². The second-order valence-electron chi connectivity index (χ2n) is 3.26. The summed E-state index contributed by atoms with van der Waals surface area (Å²) in [5.74, 6) is 0.331. The van der Waals surface area contributed by atoms with Gasteiger partial charge in [-0.25, -0.2) is 0 Å². The van der Waals surface area contributed by atoms with Crippen molar-refractivity contribution in [1.82, 2.24) is 14.8 Å². The maximum Gasteiger partial charge on any atom is 0.316 e. The molecule has 1 rings (SSSR count). The van der Waals surface area contributed by atoms with Gasteiger partial charge in [0.25, 0.3) is 0 Å². The summed E-state index contributed by atoms with van der Waals surface area (Å²) in [6.45, 7) is 2.53. The number of ether oxygens (including phenoxy) is 1. The third-order valence-corrected chi connectivity index (χ3v) is 2.94. The van der Waals surface area contributed by atoms with Gasteiger partial charge in [-0.3, -0.25) is 9.36 Å². The molecule has 0 saturated heterocycles. The number of carbonyl (C=O) groups is 1. The fraction of sp³-hybridized carbons (Fsp3) is 0.667. The first-order valence-electron chi connectivity index (χ1n) is 5.08. The summed E-state index contributed by atoms with van der Waals surface area (Å²) < 4.78 is 6.63. The molecule has 0 radical (unpaired) electrons. The second kappa shape index (κ2) is 6.37. The van der Waals surface area contributed by atoms with Crippen molar-refractivity contribution in [2.75, 3.05) is 18.1 Å². The molecule has 0 atom stereocenters. The van der Waals surface area contributed by atoms with Crippen molar-refractivity contribution in [3.05, 3.63) is 0 Å². The number of aromatic nitrogens is 3. The van der Waals surface area contributed by atoms with Crippen LogP contribution in [0.1, 0.15) is 19.8 Å². The standard InChI is InChI=1S/C9H16N4O2S/c1-3-4-5-15-7(14)6-16-9-12-11-8(10)13(9)2/h3-6H2,1-2H3,(H2,10,11). The molecule has 0 spiro atoms. The lowest BCUT2D eigenvalue weighted by Crippen LogP contribution is -2.09. The zero-order valence-electron chi connectivity index (χ0n) is 9.47. The van der Waals surface area contributed by atoms with Crippen molar-refractivity contribution >= 4 is 23.7 Å². The Labute approximate surface area is 98.6 Å². The molecular weight excluding hydrogens is 228 g/mol. The molecule has 0 unspecified atom stereocenters. The third kappa shape index (κ3) is 3.73. The summed E-state index contributed by atoms with van der Waals surface area (Å²) in [5, 5.41) is 8.13. The van der Waals surface area contributed by atoms with Crippen molar-refractivity contribution in [2.24, 2.45) is 7.05 Å². The van der Waals surface area contributed by atoms with Crippen LogP contribution in [-0.2, 0) is 16.6 Å². The fourth-order valence-electron chi connectivity index (χ4n) is 0.947. The molecule has 0 saturated carbocycles. The van der Waals surface area contributed by atoms with Crippen molar-refractivity contribution in [3.8, 4) is 0 Å². The van der Waals surface area contributed by atoms with Crippen LogP contribution in [-0.4, -0.2) is 33.1 Å². The minimum atomic E-state index is -0.236. The molecule has 1 heterocycles. The molecule has 16 heavy (non-hydrogen) atoms. The molecule has 90 valence electrons. The molecule has 0 aromatic carbocycles. The molecule has 2 N–H and O–H groups in total. The first-order valence-corrected chi connectivity index (χ1v) is 6.07. The minimum absolute atomic E-state index is 0.232. The summed E-state index contributed by atoms with van der Waals surface area (Å²) in [4.78, 5) is 11.3. The Hall–Kier alpha value is -1.24. The van der Waals surface area contributed by atoms with Gasteiger partial charge >= 0.3 is 5.97 Å². The normalized spacial score (nSPS) is 10.4. The molecule has 0 amide bonds. The predicted octanol–water partition coefficient (Wildman–Crippen LogP) is 0.833. The van der Waals surface area contributed by atoms with E-state index in [0.29, 0.717) is 17.7 Å². The molecule has 0 aliphatic heterocycles. The Kier molecular flexibility index (Phi) is 5.10. The van der Waals surface area contributed by atoms with Crippen LogP contribution in [0.25, 0.3) is 0 Å². The van der Waals surface area contributed by atoms with Gasteiger partial charge in [-0.2, -0.15) is 0 Å². The molecule has 0 bridgehead atoms. The number of nitrogens with two attached hydrogens (primary N) is 1. The average Bonchev–Trinajstić information content (AvgIpc) is 2.58. The van der Waals surface area contributed by atoms with Gasteiger partial charge in [-0.05, 0) is 6.42 Å². The van der Waals surface area contributed by atoms with Crippen molar-refractivity contribution in [2.45, 2.75) is 24.9 Å². The van der Waals surface area contributed by atoms with Crippen LogP contribution in [0.15, 0.2) is 5.16 Å². The largest absolute Gasteiger partial charge is 0.465 e. The Morgan fingerprint density at radius 2 is 2.31 bits per heavy atom. The smallest absolute Gasteiger partial charge is 0.316 e. The lowest BCUT2D eigenvalue weighted by atomic mass is 10.4. The third-order valence-electron chi connectivity index (χ3n) is 1.95. The quantitative estimate of drug-likeness (QED) is 0.453. The van der Waals surface area contributed by atoms with Gasteiger partial charge < -0.3 is 10.5 Å². The highest BCUT2D eigenvalue weighted by Crippen LogP contribution is 2.16. The van der Waals surface area contributed by atoms with Crippen LogP contribution in [0, 0.1) is 0 Å². The highest BCUT2D eigenvalue weighted by atomic mass is 32.2. The monoisotopic (exact) mass is 244 g/mol. The Morgan fingerprint density at radius 3 is 2.88 bits per heavy atom. The van der Waals surface area contributed by atoms with Gasteiger partial charge in [0, 0.05) is 7.05 Å². The molecule has 7 heteroatoms. The predicted molar refractivity (Wildman–Crippen MR) is 62.0 cm³/mol. The number of thioether (sulfide) groups is 1. The highest BCUT2D eigenvalue weighted by molar-refractivity contribution is 7.99. The Bertz CT molecular complexity index is 353. The molecule has 0 fully saturated rings. The summed E-state index contributed by atoms with van der Waals surface area (Å²) >= 11 is 1.27. The number of esters is 1. The summed E-state index contributed by atoms with van der Waals surface area (Å²) in [5.41, 5.74) is 5.51. The Morgan fingerprint density at radius 1 is 1.56 bits per heavy atom. The Balaban J connectivity index is 2.29. The van der Waals surface area contributed by atoms with Crippen LogP contribution in [0.3, 0.4) is 0 Å². The second-order valence-corrected chi connectivity index (χ2v) is 4.20.